The molecule has 2 amide bonds. The van der Waals surface area contributed by atoms with Crippen LogP contribution in [0.4, 0.5) is 0 Å². The Morgan fingerprint density at radius 2 is 2.08 bits per heavy atom. The molecule has 3 heterocycles. The van der Waals surface area contributed by atoms with Crippen LogP contribution in [-0.2, 0) is 29.0 Å². The molecular formula is C17H16N4O2S. The van der Waals surface area contributed by atoms with Crippen LogP contribution in [0.5, 0.6) is 0 Å². The van der Waals surface area contributed by atoms with E-state index < -0.39 is 11.9 Å². The maximum Gasteiger partial charge on any atom is 0.240 e. The molecule has 1 atom stereocenters. The smallest absolute Gasteiger partial charge is 0.240 e. The number of carbonyl (C=O) groups is 2. The number of rotatable bonds is 3. The van der Waals surface area contributed by atoms with Crippen molar-refractivity contribution in [3.8, 4) is 0 Å². The van der Waals surface area contributed by atoms with Gasteiger partial charge in [-0.15, -0.1) is 11.3 Å². The van der Waals surface area contributed by atoms with Gasteiger partial charge in [0.2, 0.25) is 11.8 Å². The van der Waals surface area contributed by atoms with Gasteiger partial charge in [-0.1, -0.05) is 24.3 Å². The summed E-state index contributed by atoms with van der Waals surface area (Å²) in [4.78, 5) is 31.5. The fourth-order valence-electron chi connectivity index (χ4n) is 3.16. The SMILES string of the molecule is NC(=O)C1Cc2ccccc2CN1C(=O)Cc1cn2ccsc2n1. The second kappa shape index (κ2) is 5.76. The number of primary amides is 1. The lowest BCUT2D eigenvalue weighted by molar-refractivity contribution is -0.140. The second-order valence-corrected chi connectivity index (χ2v) is 6.79. The van der Waals surface area contributed by atoms with E-state index >= 15 is 0 Å². The second-order valence-electron chi connectivity index (χ2n) is 5.91. The van der Waals surface area contributed by atoms with Gasteiger partial charge in [0.05, 0.1) is 12.1 Å². The van der Waals surface area contributed by atoms with Crippen LogP contribution < -0.4 is 5.73 Å². The lowest BCUT2D eigenvalue weighted by Gasteiger charge is -2.35. The molecule has 7 heteroatoms. The molecule has 0 saturated carbocycles. The van der Waals surface area contributed by atoms with Gasteiger partial charge in [-0.05, 0) is 11.1 Å². The molecule has 0 radical (unpaired) electrons. The van der Waals surface area contributed by atoms with Crippen molar-refractivity contribution < 1.29 is 9.59 Å². The Bertz CT molecular complexity index is 901. The Kier molecular flexibility index (Phi) is 3.57. The minimum absolute atomic E-state index is 0.126. The Morgan fingerprint density at radius 1 is 1.29 bits per heavy atom. The summed E-state index contributed by atoms with van der Waals surface area (Å²) in [5.41, 5.74) is 8.38. The van der Waals surface area contributed by atoms with E-state index in [-0.39, 0.29) is 12.3 Å². The summed E-state index contributed by atoms with van der Waals surface area (Å²) < 4.78 is 1.89. The predicted molar refractivity (Wildman–Crippen MR) is 90.5 cm³/mol. The van der Waals surface area contributed by atoms with Crippen molar-refractivity contribution in [1.82, 2.24) is 14.3 Å². The quantitative estimate of drug-likeness (QED) is 0.782. The summed E-state index contributed by atoms with van der Waals surface area (Å²) in [6.07, 6.45) is 4.39. The van der Waals surface area contributed by atoms with Gasteiger partial charge in [-0.2, -0.15) is 0 Å². The van der Waals surface area contributed by atoms with Crippen molar-refractivity contribution >= 4 is 28.1 Å². The van der Waals surface area contributed by atoms with E-state index in [9.17, 15) is 9.59 Å². The van der Waals surface area contributed by atoms with E-state index in [1.165, 1.54) is 11.3 Å². The van der Waals surface area contributed by atoms with Gasteiger partial charge >= 0.3 is 0 Å². The van der Waals surface area contributed by atoms with E-state index in [2.05, 4.69) is 4.98 Å². The zero-order chi connectivity index (χ0) is 16.7. The van der Waals surface area contributed by atoms with Gasteiger partial charge in [0.15, 0.2) is 4.96 Å². The standard InChI is InChI=1S/C17H16N4O2S/c18-16(23)14-7-11-3-1-2-4-12(11)9-21(14)15(22)8-13-10-20-5-6-24-17(20)19-13/h1-6,10,14H,7-9H2,(H2,18,23). The number of imidazole rings is 1. The number of hydrogen-bond acceptors (Lipinski definition) is 4. The number of fused-ring (bicyclic) bond motifs is 2. The average Bonchev–Trinajstić information content (AvgIpc) is 3.14. The summed E-state index contributed by atoms with van der Waals surface area (Å²) in [6.45, 7) is 0.408. The van der Waals surface area contributed by atoms with E-state index in [1.54, 1.807) is 4.90 Å². The number of hydrogen-bond donors (Lipinski definition) is 1. The summed E-state index contributed by atoms with van der Waals surface area (Å²) in [6, 6.07) is 7.24. The van der Waals surface area contributed by atoms with Crippen LogP contribution in [-0.4, -0.2) is 32.1 Å². The van der Waals surface area contributed by atoms with Gasteiger partial charge in [0.25, 0.3) is 0 Å². The first kappa shape index (κ1) is 14.9. The molecule has 4 rings (SSSR count). The molecule has 122 valence electrons. The van der Waals surface area contributed by atoms with Crippen LogP contribution in [0.2, 0.25) is 0 Å². The molecule has 1 aliphatic heterocycles. The molecule has 3 aromatic rings. The van der Waals surface area contributed by atoms with E-state index in [4.69, 9.17) is 5.73 Å². The van der Waals surface area contributed by atoms with E-state index in [0.29, 0.717) is 18.7 Å². The molecule has 0 saturated heterocycles. The van der Waals surface area contributed by atoms with Crippen molar-refractivity contribution in [3.05, 3.63) is 58.9 Å². The fraction of sp³-hybridized carbons (Fsp3) is 0.235. The fourth-order valence-corrected chi connectivity index (χ4v) is 3.88. The highest BCUT2D eigenvalue weighted by molar-refractivity contribution is 7.15. The van der Waals surface area contributed by atoms with Gasteiger partial charge in [0, 0.05) is 30.7 Å². The lowest BCUT2D eigenvalue weighted by atomic mass is 9.93. The van der Waals surface area contributed by atoms with Crippen LogP contribution in [0.25, 0.3) is 4.96 Å². The van der Waals surface area contributed by atoms with Crippen LogP contribution in [0.15, 0.2) is 42.0 Å². The molecule has 1 aromatic carbocycles. The highest BCUT2D eigenvalue weighted by Gasteiger charge is 2.33. The van der Waals surface area contributed by atoms with Crippen molar-refractivity contribution in [3.63, 3.8) is 0 Å². The maximum atomic E-state index is 12.8. The first-order valence-electron chi connectivity index (χ1n) is 7.68. The van der Waals surface area contributed by atoms with Crippen LogP contribution in [0.1, 0.15) is 16.8 Å². The number of amides is 2. The molecule has 24 heavy (non-hydrogen) atoms. The predicted octanol–water partition coefficient (Wildman–Crippen LogP) is 1.38. The molecule has 6 nitrogen and oxygen atoms in total. The molecule has 1 unspecified atom stereocenters. The first-order valence-corrected chi connectivity index (χ1v) is 8.56. The molecule has 1 aliphatic rings. The number of aromatic nitrogens is 2. The summed E-state index contributed by atoms with van der Waals surface area (Å²) in [5, 5.41) is 1.94. The number of nitrogens with two attached hydrogens (primary N) is 1. The van der Waals surface area contributed by atoms with Gasteiger partial charge in [-0.25, -0.2) is 4.98 Å². The van der Waals surface area contributed by atoms with E-state index in [1.807, 2.05) is 46.4 Å². The van der Waals surface area contributed by atoms with Crippen LogP contribution in [0.3, 0.4) is 0 Å². The number of benzene rings is 1. The summed E-state index contributed by atoms with van der Waals surface area (Å²) >= 11 is 1.52. The average molecular weight is 340 g/mol. The van der Waals surface area contributed by atoms with Gasteiger partial charge in [0.1, 0.15) is 6.04 Å². The summed E-state index contributed by atoms with van der Waals surface area (Å²) in [7, 11) is 0. The molecule has 0 bridgehead atoms. The van der Waals surface area contributed by atoms with Crippen molar-refractivity contribution in [2.24, 2.45) is 5.73 Å². The van der Waals surface area contributed by atoms with E-state index in [0.717, 1.165) is 16.1 Å². The molecule has 2 N–H and O–H groups in total. The van der Waals surface area contributed by atoms with Gasteiger partial charge < -0.3 is 10.6 Å². The van der Waals surface area contributed by atoms with Crippen molar-refractivity contribution in [1.29, 1.82) is 0 Å². The minimum Gasteiger partial charge on any atom is -0.368 e. The topological polar surface area (TPSA) is 80.7 Å². The summed E-state index contributed by atoms with van der Waals surface area (Å²) in [5.74, 6) is -0.595. The molecular weight excluding hydrogens is 324 g/mol. The Balaban J connectivity index is 1.59. The highest BCUT2D eigenvalue weighted by atomic mass is 32.1. The van der Waals surface area contributed by atoms with Gasteiger partial charge in [-0.3, -0.25) is 14.0 Å². The number of carbonyl (C=O) groups excluding carboxylic acids is 2. The zero-order valence-corrected chi connectivity index (χ0v) is 13.7. The number of nitrogens with zero attached hydrogens (tertiary/aromatic N) is 3. The zero-order valence-electron chi connectivity index (χ0n) is 12.9. The molecule has 0 aliphatic carbocycles. The monoisotopic (exact) mass is 340 g/mol. The lowest BCUT2D eigenvalue weighted by Crippen LogP contribution is -2.51. The first-order chi connectivity index (χ1) is 11.6. The Hall–Kier alpha value is -2.67. The Labute approximate surface area is 142 Å². The number of thiazole rings is 1. The van der Waals surface area contributed by atoms with Crippen molar-refractivity contribution in [2.45, 2.75) is 25.4 Å². The normalized spacial score (nSPS) is 17.0. The minimum atomic E-state index is -0.601. The van der Waals surface area contributed by atoms with Crippen LogP contribution in [0, 0.1) is 0 Å². The molecule has 0 fully saturated rings. The third kappa shape index (κ3) is 2.56. The Morgan fingerprint density at radius 3 is 2.83 bits per heavy atom. The molecule has 0 spiro atoms. The third-order valence-electron chi connectivity index (χ3n) is 4.37. The molecule has 2 aromatic heterocycles. The third-order valence-corrected chi connectivity index (χ3v) is 5.14. The largest absolute Gasteiger partial charge is 0.368 e. The maximum absolute atomic E-state index is 12.8. The highest BCUT2D eigenvalue weighted by Crippen LogP contribution is 2.24. The van der Waals surface area contributed by atoms with Crippen LogP contribution >= 0.6 is 11.3 Å². The van der Waals surface area contributed by atoms with Crippen molar-refractivity contribution in [2.75, 3.05) is 0 Å².